The van der Waals surface area contributed by atoms with Crippen molar-refractivity contribution >= 4 is 17.7 Å². The quantitative estimate of drug-likeness (QED) is 0.633. The molecule has 1 aromatic heterocycles. The number of thioether (sulfide) groups is 1. The second-order valence-electron chi connectivity index (χ2n) is 4.84. The third-order valence-corrected chi connectivity index (χ3v) is 4.62. The molecule has 104 valence electrons. The van der Waals surface area contributed by atoms with Crippen LogP contribution in [-0.2, 0) is 23.3 Å². The number of fused-ring (bicyclic) bond motifs is 1. The topological polar surface area (TPSA) is 39.4 Å². The molecule has 0 aliphatic heterocycles. The van der Waals surface area contributed by atoms with Gasteiger partial charge in [0.25, 0.3) is 0 Å². The van der Waals surface area contributed by atoms with Crippen LogP contribution >= 0.6 is 11.8 Å². The Labute approximate surface area is 122 Å². The minimum Gasteiger partial charge on any atom is -0.463 e. The van der Waals surface area contributed by atoms with Gasteiger partial charge in [0.2, 0.25) is 5.76 Å². The Morgan fingerprint density at radius 2 is 2.15 bits per heavy atom. The number of hydrogen-bond acceptors (Lipinski definition) is 4. The minimum absolute atomic E-state index is 0.307. The van der Waals surface area contributed by atoms with Crippen molar-refractivity contribution in [2.24, 2.45) is 0 Å². The number of rotatable bonds is 4. The van der Waals surface area contributed by atoms with Gasteiger partial charge < -0.3 is 9.15 Å². The fourth-order valence-corrected chi connectivity index (χ4v) is 3.46. The molecule has 3 nitrogen and oxygen atoms in total. The van der Waals surface area contributed by atoms with Gasteiger partial charge in [0.05, 0.1) is 13.4 Å². The normalized spacial score (nSPS) is 13.2. The van der Waals surface area contributed by atoms with Gasteiger partial charge in [-0.25, -0.2) is 4.79 Å². The molecule has 0 N–H and O–H groups in total. The Bertz CT molecular complexity index is 630. The van der Waals surface area contributed by atoms with Crippen LogP contribution in [0, 0.1) is 0 Å². The number of benzene rings is 1. The molecule has 0 spiro atoms. The molecule has 20 heavy (non-hydrogen) atoms. The molecule has 0 saturated carbocycles. The van der Waals surface area contributed by atoms with E-state index in [-0.39, 0.29) is 0 Å². The maximum Gasteiger partial charge on any atom is 0.374 e. The highest BCUT2D eigenvalue weighted by Crippen LogP contribution is 2.30. The maximum atomic E-state index is 11.5. The highest BCUT2D eigenvalue weighted by atomic mass is 32.2. The summed E-state index contributed by atoms with van der Waals surface area (Å²) in [4.78, 5) is 12.8. The highest BCUT2D eigenvalue weighted by Gasteiger charge is 2.16. The Hall–Kier alpha value is -1.68. The number of ether oxygens (including phenoxy) is 1. The molecule has 4 heteroatoms. The fraction of sp³-hybridized carbons (Fsp3) is 0.312. The van der Waals surface area contributed by atoms with E-state index in [4.69, 9.17) is 9.15 Å². The maximum absolute atomic E-state index is 11.5. The summed E-state index contributed by atoms with van der Waals surface area (Å²) in [6, 6.07) is 8.48. The Morgan fingerprint density at radius 1 is 1.30 bits per heavy atom. The second-order valence-corrected chi connectivity index (χ2v) is 5.89. The lowest BCUT2D eigenvalue weighted by molar-refractivity contribution is 0.0564. The molecule has 0 saturated heterocycles. The number of furan rings is 1. The summed E-state index contributed by atoms with van der Waals surface area (Å²) >= 11 is 1.72. The first kappa shape index (κ1) is 13.3. The van der Waals surface area contributed by atoms with E-state index in [1.165, 1.54) is 48.7 Å². The number of aryl methyl sites for hydroxylation is 2. The standard InChI is InChI=1S/C16H16O3S/c1-18-16(17)15-13(7-8-19-15)10-20-14-6-5-11-3-2-4-12(11)9-14/h5-9H,2-4,10H2,1H3. The van der Waals surface area contributed by atoms with Crippen molar-refractivity contribution in [3.05, 3.63) is 53.0 Å². The number of esters is 1. The van der Waals surface area contributed by atoms with Gasteiger partial charge in [0.1, 0.15) is 0 Å². The zero-order valence-electron chi connectivity index (χ0n) is 11.3. The number of carbonyl (C=O) groups is 1. The largest absolute Gasteiger partial charge is 0.463 e. The molecule has 0 bridgehead atoms. The van der Waals surface area contributed by atoms with E-state index in [9.17, 15) is 4.79 Å². The molecular weight excluding hydrogens is 272 g/mol. The van der Waals surface area contributed by atoms with Crippen molar-refractivity contribution < 1.29 is 13.9 Å². The van der Waals surface area contributed by atoms with E-state index < -0.39 is 5.97 Å². The van der Waals surface area contributed by atoms with Crippen molar-refractivity contribution in [1.82, 2.24) is 0 Å². The fourth-order valence-electron chi connectivity index (χ4n) is 2.52. The molecule has 0 radical (unpaired) electrons. The summed E-state index contributed by atoms with van der Waals surface area (Å²) in [5.74, 6) is 0.598. The molecule has 0 fully saturated rings. The van der Waals surface area contributed by atoms with Gasteiger partial charge in [-0.1, -0.05) is 6.07 Å². The summed E-state index contributed by atoms with van der Waals surface area (Å²) < 4.78 is 9.90. The van der Waals surface area contributed by atoms with Crippen molar-refractivity contribution in [3.8, 4) is 0 Å². The number of carbonyl (C=O) groups excluding carboxylic acids is 1. The third-order valence-electron chi connectivity index (χ3n) is 3.58. The van der Waals surface area contributed by atoms with Gasteiger partial charge >= 0.3 is 5.97 Å². The van der Waals surface area contributed by atoms with E-state index in [1.807, 2.05) is 6.07 Å². The summed E-state index contributed by atoms with van der Waals surface area (Å²) in [5.41, 5.74) is 3.82. The summed E-state index contributed by atoms with van der Waals surface area (Å²) in [5, 5.41) is 0. The van der Waals surface area contributed by atoms with Gasteiger partial charge in [-0.15, -0.1) is 11.8 Å². The monoisotopic (exact) mass is 288 g/mol. The van der Waals surface area contributed by atoms with Crippen molar-refractivity contribution in [2.75, 3.05) is 7.11 Å². The Kier molecular flexibility index (Phi) is 3.83. The molecule has 0 unspecified atom stereocenters. The second kappa shape index (κ2) is 5.75. The van der Waals surface area contributed by atoms with Crippen molar-refractivity contribution in [3.63, 3.8) is 0 Å². The van der Waals surface area contributed by atoms with E-state index in [2.05, 4.69) is 18.2 Å². The van der Waals surface area contributed by atoms with E-state index in [1.54, 1.807) is 11.8 Å². The zero-order valence-corrected chi connectivity index (χ0v) is 12.2. The predicted octanol–water partition coefficient (Wildman–Crippen LogP) is 3.85. The van der Waals surface area contributed by atoms with Crippen LogP contribution in [0.3, 0.4) is 0 Å². The SMILES string of the molecule is COC(=O)c1occc1CSc1ccc2c(c1)CCC2. The van der Waals surface area contributed by atoms with Crippen molar-refractivity contribution in [2.45, 2.75) is 29.9 Å². The molecule has 1 heterocycles. The molecule has 0 atom stereocenters. The smallest absolute Gasteiger partial charge is 0.374 e. The average Bonchev–Trinajstić information content (AvgIpc) is 3.12. The third kappa shape index (κ3) is 2.61. The van der Waals surface area contributed by atoms with Crippen LogP contribution in [0.4, 0.5) is 0 Å². The lowest BCUT2D eigenvalue weighted by atomic mass is 10.1. The summed E-state index contributed by atoms with van der Waals surface area (Å²) in [6.07, 6.45) is 5.18. The molecule has 1 aliphatic rings. The van der Waals surface area contributed by atoms with Crippen LogP contribution in [-0.4, -0.2) is 13.1 Å². The molecule has 2 aromatic rings. The van der Waals surface area contributed by atoms with Gasteiger partial charge in [-0.3, -0.25) is 0 Å². The van der Waals surface area contributed by atoms with Gasteiger partial charge in [-0.2, -0.15) is 0 Å². The molecule has 1 aliphatic carbocycles. The number of hydrogen-bond donors (Lipinski definition) is 0. The van der Waals surface area contributed by atoms with Crippen LogP contribution in [0.25, 0.3) is 0 Å². The predicted molar refractivity (Wildman–Crippen MR) is 78.1 cm³/mol. The van der Waals surface area contributed by atoms with Crippen LogP contribution < -0.4 is 0 Å². The van der Waals surface area contributed by atoms with E-state index in [0.717, 1.165) is 5.56 Å². The first-order valence-corrected chi connectivity index (χ1v) is 7.66. The van der Waals surface area contributed by atoms with E-state index in [0.29, 0.717) is 11.5 Å². The average molecular weight is 288 g/mol. The first-order chi connectivity index (χ1) is 9.78. The Balaban J connectivity index is 1.71. The zero-order chi connectivity index (χ0) is 13.9. The molecular formula is C16H16O3S. The van der Waals surface area contributed by atoms with Crippen molar-refractivity contribution in [1.29, 1.82) is 0 Å². The van der Waals surface area contributed by atoms with E-state index >= 15 is 0 Å². The summed E-state index contributed by atoms with van der Waals surface area (Å²) in [6.45, 7) is 0. The molecule has 1 aromatic carbocycles. The number of methoxy groups -OCH3 is 1. The van der Waals surface area contributed by atoms with Crippen LogP contribution in [0.1, 0.15) is 33.7 Å². The van der Waals surface area contributed by atoms with Gasteiger partial charge in [0, 0.05) is 16.2 Å². The van der Waals surface area contributed by atoms with Crippen LogP contribution in [0.2, 0.25) is 0 Å². The molecule has 3 rings (SSSR count). The first-order valence-electron chi connectivity index (χ1n) is 6.67. The van der Waals surface area contributed by atoms with Crippen LogP contribution in [0.15, 0.2) is 39.8 Å². The molecule has 0 amide bonds. The Morgan fingerprint density at radius 3 is 3.00 bits per heavy atom. The highest BCUT2D eigenvalue weighted by molar-refractivity contribution is 7.98. The van der Waals surface area contributed by atoms with Gasteiger partial charge in [0.15, 0.2) is 0 Å². The lowest BCUT2D eigenvalue weighted by Gasteiger charge is -2.05. The lowest BCUT2D eigenvalue weighted by Crippen LogP contribution is -2.02. The minimum atomic E-state index is -0.417. The summed E-state index contributed by atoms with van der Waals surface area (Å²) in [7, 11) is 1.36. The van der Waals surface area contributed by atoms with Gasteiger partial charge in [-0.05, 0) is 48.6 Å². The van der Waals surface area contributed by atoms with Crippen LogP contribution in [0.5, 0.6) is 0 Å².